The zero-order valence-corrected chi connectivity index (χ0v) is 17.6. The minimum Gasteiger partial charge on any atom is -0.490 e. The van der Waals surface area contributed by atoms with Crippen molar-refractivity contribution in [3.05, 3.63) is 52.5 Å². The Kier molecular flexibility index (Phi) is 5.86. The summed E-state index contributed by atoms with van der Waals surface area (Å²) < 4.78 is 17.5. The average molecular weight is 416 g/mol. The first kappa shape index (κ1) is 19.9. The summed E-state index contributed by atoms with van der Waals surface area (Å²) in [6, 6.07) is 11.5. The van der Waals surface area contributed by atoms with Crippen LogP contribution in [0.4, 0.5) is 0 Å². The molecule has 2 heterocycles. The predicted molar refractivity (Wildman–Crippen MR) is 112 cm³/mol. The highest BCUT2D eigenvalue weighted by molar-refractivity contribution is 6.30. The molecule has 5 nitrogen and oxygen atoms in total. The van der Waals surface area contributed by atoms with E-state index in [9.17, 15) is 4.79 Å². The lowest BCUT2D eigenvalue weighted by Gasteiger charge is -2.28. The average Bonchev–Trinajstić information content (AvgIpc) is 3.08. The largest absolute Gasteiger partial charge is 0.490 e. The van der Waals surface area contributed by atoms with E-state index in [0.717, 1.165) is 48.4 Å². The number of aryl methyl sites for hydroxylation is 1. The molecule has 0 aromatic heterocycles. The van der Waals surface area contributed by atoms with Gasteiger partial charge in [0.2, 0.25) is 0 Å². The van der Waals surface area contributed by atoms with Gasteiger partial charge in [0, 0.05) is 18.0 Å². The molecule has 0 saturated carbocycles. The Morgan fingerprint density at radius 3 is 2.72 bits per heavy atom. The summed E-state index contributed by atoms with van der Waals surface area (Å²) in [6.45, 7) is 5.77. The van der Waals surface area contributed by atoms with Crippen LogP contribution in [0.15, 0.2) is 36.4 Å². The zero-order valence-electron chi connectivity index (χ0n) is 16.8. The first-order valence-electron chi connectivity index (χ1n) is 10.2. The molecule has 2 aliphatic heterocycles. The standard InChI is InChI=1S/C23H26ClNO4/c1-15-13-18(24)7-9-20(15)29-16(2)23(26)25-10-3-5-19(25)17-6-8-21-22(14-17)28-12-4-11-27-21/h6-9,13-14,16,19H,3-5,10-12H2,1-2H3. The molecule has 2 aliphatic rings. The summed E-state index contributed by atoms with van der Waals surface area (Å²) in [5, 5.41) is 0.655. The number of carbonyl (C=O) groups excluding carboxylic acids is 1. The lowest BCUT2D eigenvalue weighted by Crippen LogP contribution is -2.40. The third-order valence-corrected chi connectivity index (χ3v) is 5.72. The van der Waals surface area contributed by atoms with Crippen LogP contribution in [-0.4, -0.2) is 36.7 Å². The Morgan fingerprint density at radius 2 is 1.93 bits per heavy atom. The fourth-order valence-corrected chi connectivity index (χ4v) is 4.21. The fourth-order valence-electron chi connectivity index (χ4n) is 3.98. The molecule has 0 aliphatic carbocycles. The van der Waals surface area contributed by atoms with Crippen molar-refractivity contribution in [2.75, 3.05) is 19.8 Å². The van der Waals surface area contributed by atoms with Gasteiger partial charge in [0.15, 0.2) is 17.6 Å². The Hall–Kier alpha value is -2.40. The highest BCUT2D eigenvalue weighted by Gasteiger charge is 2.34. The van der Waals surface area contributed by atoms with Gasteiger partial charge < -0.3 is 19.1 Å². The predicted octanol–water partition coefficient (Wildman–Crippen LogP) is 4.94. The molecule has 2 aromatic carbocycles. The molecule has 1 amide bonds. The summed E-state index contributed by atoms with van der Waals surface area (Å²) in [5.74, 6) is 2.22. The van der Waals surface area contributed by atoms with Crippen molar-refractivity contribution in [2.24, 2.45) is 0 Å². The second-order valence-corrected chi connectivity index (χ2v) is 8.05. The molecule has 29 heavy (non-hydrogen) atoms. The van der Waals surface area contributed by atoms with E-state index in [1.165, 1.54) is 0 Å². The molecule has 0 N–H and O–H groups in total. The quantitative estimate of drug-likeness (QED) is 0.709. The highest BCUT2D eigenvalue weighted by Crippen LogP contribution is 2.38. The van der Waals surface area contributed by atoms with E-state index in [4.69, 9.17) is 25.8 Å². The van der Waals surface area contributed by atoms with Crippen molar-refractivity contribution in [3.8, 4) is 17.2 Å². The minimum absolute atomic E-state index is 0.00559. The second-order valence-electron chi connectivity index (χ2n) is 7.62. The van der Waals surface area contributed by atoms with E-state index >= 15 is 0 Å². The molecular formula is C23H26ClNO4. The maximum atomic E-state index is 13.2. The number of hydrogen-bond acceptors (Lipinski definition) is 4. The Morgan fingerprint density at radius 1 is 1.14 bits per heavy atom. The Bertz CT molecular complexity index is 900. The normalized spacial score (nSPS) is 19.6. The molecule has 6 heteroatoms. The third kappa shape index (κ3) is 4.30. The molecule has 0 radical (unpaired) electrons. The molecule has 0 spiro atoms. The van der Waals surface area contributed by atoms with Gasteiger partial charge in [0.1, 0.15) is 5.75 Å². The maximum Gasteiger partial charge on any atom is 0.263 e. The van der Waals surface area contributed by atoms with Gasteiger partial charge in [-0.2, -0.15) is 0 Å². The summed E-state index contributed by atoms with van der Waals surface area (Å²) in [6.07, 6.45) is 2.20. The molecule has 1 fully saturated rings. The van der Waals surface area contributed by atoms with Crippen molar-refractivity contribution in [2.45, 2.75) is 45.3 Å². The lowest BCUT2D eigenvalue weighted by atomic mass is 10.0. The molecular weight excluding hydrogens is 390 g/mol. The van der Waals surface area contributed by atoms with Crippen molar-refractivity contribution < 1.29 is 19.0 Å². The number of carbonyl (C=O) groups is 1. The third-order valence-electron chi connectivity index (χ3n) is 5.48. The lowest BCUT2D eigenvalue weighted by molar-refractivity contribution is -0.138. The molecule has 1 saturated heterocycles. The van der Waals surface area contributed by atoms with Gasteiger partial charge in [0.25, 0.3) is 5.91 Å². The van der Waals surface area contributed by atoms with Crippen LogP contribution in [0.1, 0.15) is 43.4 Å². The first-order valence-corrected chi connectivity index (χ1v) is 10.5. The molecule has 154 valence electrons. The summed E-state index contributed by atoms with van der Waals surface area (Å²) >= 11 is 6.02. The minimum atomic E-state index is -0.573. The monoisotopic (exact) mass is 415 g/mol. The van der Waals surface area contributed by atoms with Crippen LogP contribution in [-0.2, 0) is 4.79 Å². The van der Waals surface area contributed by atoms with Crippen molar-refractivity contribution in [1.82, 2.24) is 4.90 Å². The van der Waals surface area contributed by atoms with Crippen molar-refractivity contribution in [3.63, 3.8) is 0 Å². The number of benzene rings is 2. The highest BCUT2D eigenvalue weighted by atomic mass is 35.5. The van der Waals surface area contributed by atoms with E-state index in [0.29, 0.717) is 24.0 Å². The van der Waals surface area contributed by atoms with Crippen LogP contribution >= 0.6 is 11.6 Å². The van der Waals surface area contributed by atoms with Crippen molar-refractivity contribution in [1.29, 1.82) is 0 Å². The Labute approximate surface area is 176 Å². The van der Waals surface area contributed by atoms with Gasteiger partial charge in [-0.25, -0.2) is 0 Å². The molecule has 0 bridgehead atoms. The van der Waals surface area contributed by atoms with E-state index < -0.39 is 6.10 Å². The van der Waals surface area contributed by atoms with Crippen LogP contribution in [0.3, 0.4) is 0 Å². The molecule has 2 unspecified atom stereocenters. The molecule has 2 atom stereocenters. The van der Waals surface area contributed by atoms with Crippen LogP contribution in [0.25, 0.3) is 0 Å². The Balaban J connectivity index is 1.50. The van der Waals surface area contributed by atoms with E-state index in [2.05, 4.69) is 0 Å². The smallest absolute Gasteiger partial charge is 0.263 e. The van der Waals surface area contributed by atoms with Gasteiger partial charge in [-0.3, -0.25) is 4.79 Å². The van der Waals surface area contributed by atoms with E-state index in [1.54, 1.807) is 13.0 Å². The van der Waals surface area contributed by atoms with E-state index in [1.807, 2.05) is 42.2 Å². The summed E-state index contributed by atoms with van der Waals surface area (Å²) in [7, 11) is 0. The van der Waals surface area contributed by atoms with Gasteiger partial charge >= 0.3 is 0 Å². The number of rotatable bonds is 4. The van der Waals surface area contributed by atoms with Gasteiger partial charge in [-0.1, -0.05) is 17.7 Å². The molecule has 4 rings (SSSR count). The number of nitrogens with zero attached hydrogens (tertiary/aromatic N) is 1. The summed E-state index contributed by atoms with van der Waals surface area (Å²) in [4.78, 5) is 15.1. The number of likely N-dealkylation sites (tertiary alicyclic amines) is 1. The maximum absolute atomic E-state index is 13.2. The van der Waals surface area contributed by atoms with Gasteiger partial charge in [-0.05, 0) is 68.1 Å². The van der Waals surface area contributed by atoms with E-state index in [-0.39, 0.29) is 11.9 Å². The van der Waals surface area contributed by atoms with Gasteiger partial charge in [-0.15, -0.1) is 0 Å². The zero-order chi connectivity index (χ0) is 20.4. The number of amides is 1. The number of ether oxygens (including phenoxy) is 3. The topological polar surface area (TPSA) is 48.0 Å². The van der Waals surface area contributed by atoms with Crippen LogP contribution < -0.4 is 14.2 Å². The summed E-state index contributed by atoms with van der Waals surface area (Å²) in [5.41, 5.74) is 1.99. The van der Waals surface area contributed by atoms with Gasteiger partial charge in [0.05, 0.1) is 19.3 Å². The first-order chi connectivity index (χ1) is 14.0. The number of hydrogen-bond donors (Lipinski definition) is 0. The number of fused-ring (bicyclic) bond motifs is 1. The molecule has 2 aromatic rings. The van der Waals surface area contributed by atoms with Crippen molar-refractivity contribution >= 4 is 17.5 Å². The van der Waals surface area contributed by atoms with Crippen LogP contribution in [0, 0.1) is 6.92 Å². The SMILES string of the molecule is Cc1cc(Cl)ccc1OC(C)C(=O)N1CCCC1c1ccc2c(c1)OCCCO2. The number of halogens is 1. The van der Waals surface area contributed by atoms with Crippen LogP contribution in [0.5, 0.6) is 17.2 Å². The van der Waals surface area contributed by atoms with Crippen LogP contribution in [0.2, 0.25) is 5.02 Å². The second kappa shape index (κ2) is 8.54. The fraction of sp³-hybridized carbons (Fsp3) is 0.435.